The van der Waals surface area contributed by atoms with Crippen LogP contribution in [0.1, 0.15) is 32.4 Å². The minimum absolute atomic E-state index is 0.00785. The Hall–Kier alpha value is -0.840. The average Bonchev–Trinajstić information content (AvgIpc) is 2.35. The van der Waals surface area contributed by atoms with Crippen LogP contribution in [-0.4, -0.2) is 36.2 Å². The molecule has 1 atom stereocenters. The molecule has 1 heterocycles. The fourth-order valence-electron chi connectivity index (χ4n) is 2.95. The topological polar surface area (TPSA) is 35.5 Å². The van der Waals surface area contributed by atoms with Gasteiger partial charge in [-0.3, -0.25) is 4.90 Å². The van der Waals surface area contributed by atoms with Gasteiger partial charge in [-0.15, -0.1) is 0 Å². The van der Waals surface area contributed by atoms with Crippen LogP contribution in [-0.2, 0) is 0 Å². The molecule has 0 spiro atoms. The number of phenolic OH excluding ortho intramolecular Hbond substituents is 1. The van der Waals surface area contributed by atoms with Crippen molar-refractivity contribution in [2.45, 2.75) is 26.8 Å². The zero-order valence-corrected chi connectivity index (χ0v) is 13.0. The predicted molar refractivity (Wildman–Crippen MR) is 79.7 cm³/mol. The lowest BCUT2D eigenvalue weighted by atomic mass is 9.80. The van der Waals surface area contributed by atoms with Crippen LogP contribution in [0.25, 0.3) is 0 Å². The molecule has 0 aromatic heterocycles. The van der Waals surface area contributed by atoms with Gasteiger partial charge in [0.25, 0.3) is 0 Å². The molecule has 3 nitrogen and oxygen atoms in total. The van der Waals surface area contributed by atoms with E-state index < -0.39 is 5.82 Å². The quantitative estimate of drug-likeness (QED) is 0.880. The standard InChI is InChI=1S/C15H22ClFN2O/c1-15(2,3)14(19-6-4-18-5-7-19)11-8-10(17)9-12(16)13(11)20/h8-9,14,18,20H,4-7H2,1-3H3/t14-/m0/s1. The second-order valence-corrected chi connectivity index (χ2v) is 6.79. The molecule has 2 N–H and O–H groups in total. The largest absolute Gasteiger partial charge is 0.506 e. The van der Waals surface area contributed by atoms with Gasteiger partial charge in [0.05, 0.1) is 5.02 Å². The van der Waals surface area contributed by atoms with Gasteiger partial charge in [-0.2, -0.15) is 0 Å². The summed E-state index contributed by atoms with van der Waals surface area (Å²) in [5, 5.41) is 13.6. The molecule has 1 fully saturated rings. The van der Waals surface area contributed by atoms with E-state index in [9.17, 15) is 9.50 Å². The number of benzene rings is 1. The molecule has 2 rings (SSSR count). The highest BCUT2D eigenvalue weighted by atomic mass is 35.5. The van der Waals surface area contributed by atoms with E-state index in [2.05, 4.69) is 31.0 Å². The van der Waals surface area contributed by atoms with Crippen LogP contribution in [0.2, 0.25) is 5.02 Å². The molecule has 112 valence electrons. The van der Waals surface area contributed by atoms with Gasteiger partial charge in [0, 0.05) is 37.8 Å². The summed E-state index contributed by atoms with van der Waals surface area (Å²) in [5.41, 5.74) is 0.441. The number of aromatic hydroxyl groups is 1. The lowest BCUT2D eigenvalue weighted by molar-refractivity contribution is 0.0840. The van der Waals surface area contributed by atoms with Gasteiger partial charge < -0.3 is 10.4 Å². The monoisotopic (exact) mass is 300 g/mol. The predicted octanol–water partition coefficient (Wildman–Crippen LogP) is 3.18. The normalized spacial score (nSPS) is 19.1. The third kappa shape index (κ3) is 3.25. The average molecular weight is 301 g/mol. The van der Waals surface area contributed by atoms with Gasteiger partial charge >= 0.3 is 0 Å². The molecule has 1 aromatic rings. The Balaban J connectivity index is 2.46. The van der Waals surface area contributed by atoms with Crippen molar-refractivity contribution in [3.05, 3.63) is 28.5 Å². The van der Waals surface area contributed by atoms with Crippen molar-refractivity contribution < 1.29 is 9.50 Å². The molecule has 1 aliphatic rings. The van der Waals surface area contributed by atoms with Gasteiger partial charge in [-0.05, 0) is 17.5 Å². The van der Waals surface area contributed by atoms with E-state index >= 15 is 0 Å². The molecular formula is C15H22ClFN2O. The second-order valence-electron chi connectivity index (χ2n) is 6.38. The number of nitrogens with one attached hydrogen (secondary N) is 1. The Labute approximate surface area is 124 Å². The van der Waals surface area contributed by atoms with E-state index in [0.29, 0.717) is 5.56 Å². The van der Waals surface area contributed by atoms with Crippen molar-refractivity contribution in [2.24, 2.45) is 5.41 Å². The molecule has 5 heteroatoms. The van der Waals surface area contributed by atoms with E-state index in [1.807, 2.05) is 0 Å². The van der Waals surface area contributed by atoms with Gasteiger partial charge in [0.2, 0.25) is 0 Å². The SMILES string of the molecule is CC(C)(C)[C@H](c1cc(F)cc(Cl)c1O)N1CCNCC1. The number of hydrogen-bond donors (Lipinski definition) is 2. The Morgan fingerprint density at radius 3 is 2.45 bits per heavy atom. The number of halogens is 2. The molecule has 1 saturated heterocycles. The van der Waals surface area contributed by atoms with Crippen LogP contribution < -0.4 is 5.32 Å². The maximum atomic E-state index is 13.7. The lowest BCUT2D eigenvalue weighted by Crippen LogP contribution is -2.48. The Kier molecular flexibility index (Phi) is 4.57. The highest BCUT2D eigenvalue weighted by Crippen LogP contribution is 2.44. The number of nitrogens with zero attached hydrogens (tertiary/aromatic N) is 1. The number of rotatable bonds is 2. The van der Waals surface area contributed by atoms with Crippen molar-refractivity contribution in [2.75, 3.05) is 26.2 Å². The summed E-state index contributed by atoms with van der Waals surface area (Å²) in [6, 6.07) is 2.48. The number of hydrogen-bond acceptors (Lipinski definition) is 3. The first kappa shape index (κ1) is 15.5. The molecule has 1 aromatic carbocycles. The van der Waals surface area contributed by atoms with Gasteiger partial charge in [0.1, 0.15) is 11.6 Å². The lowest BCUT2D eigenvalue weighted by Gasteiger charge is -2.42. The van der Waals surface area contributed by atoms with Crippen molar-refractivity contribution >= 4 is 11.6 Å². The molecule has 0 saturated carbocycles. The zero-order valence-electron chi connectivity index (χ0n) is 12.2. The molecule has 20 heavy (non-hydrogen) atoms. The summed E-state index contributed by atoms with van der Waals surface area (Å²) in [7, 11) is 0. The van der Waals surface area contributed by atoms with Gasteiger partial charge in [-0.25, -0.2) is 4.39 Å². The Bertz CT molecular complexity index is 481. The fourth-order valence-corrected chi connectivity index (χ4v) is 3.16. The molecule has 0 aliphatic carbocycles. The Morgan fingerprint density at radius 2 is 1.90 bits per heavy atom. The summed E-state index contributed by atoms with van der Waals surface area (Å²) in [6.45, 7) is 9.83. The van der Waals surface area contributed by atoms with Crippen LogP contribution >= 0.6 is 11.6 Å². The van der Waals surface area contributed by atoms with E-state index in [1.165, 1.54) is 6.07 Å². The first-order valence-corrected chi connectivity index (χ1v) is 7.31. The first-order chi connectivity index (χ1) is 9.30. The van der Waals surface area contributed by atoms with Crippen LogP contribution in [0.5, 0.6) is 5.75 Å². The molecular weight excluding hydrogens is 279 g/mol. The third-order valence-electron chi connectivity index (χ3n) is 3.69. The minimum Gasteiger partial charge on any atom is -0.506 e. The van der Waals surface area contributed by atoms with Crippen molar-refractivity contribution in [3.63, 3.8) is 0 Å². The van der Waals surface area contributed by atoms with Crippen LogP contribution in [0.3, 0.4) is 0 Å². The van der Waals surface area contributed by atoms with Crippen LogP contribution in [0, 0.1) is 11.2 Å². The van der Waals surface area contributed by atoms with E-state index in [1.54, 1.807) is 0 Å². The summed E-state index contributed by atoms with van der Waals surface area (Å²) in [6.07, 6.45) is 0. The molecule has 0 bridgehead atoms. The number of phenols is 1. The van der Waals surface area contributed by atoms with Crippen molar-refractivity contribution in [1.82, 2.24) is 10.2 Å². The summed E-state index contributed by atoms with van der Waals surface area (Å²) < 4.78 is 13.7. The highest BCUT2D eigenvalue weighted by molar-refractivity contribution is 6.32. The summed E-state index contributed by atoms with van der Waals surface area (Å²) >= 11 is 5.93. The fraction of sp³-hybridized carbons (Fsp3) is 0.600. The number of piperazine rings is 1. The smallest absolute Gasteiger partial charge is 0.139 e. The minimum atomic E-state index is -0.410. The zero-order chi connectivity index (χ0) is 14.9. The van der Waals surface area contributed by atoms with Crippen LogP contribution in [0.15, 0.2) is 12.1 Å². The van der Waals surface area contributed by atoms with Gasteiger partial charge in [-0.1, -0.05) is 32.4 Å². The van der Waals surface area contributed by atoms with Crippen molar-refractivity contribution in [1.29, 1.82) is 0 Å². The molecule has 0 radical (unpaired) electrons. The maximum absolute atomic E-state index is 13.7. The highest BCUT2D eigenvalue weighted by Gasteiger charge is 2.35. The first-order valence-electron chi connectivity index (χ1n) is 6.93. The summed E-state index contributed by atoms with van der Waals surface area (Å²) in [5.74, 6) is -0.418. The van der Waals surface area contributed by atoms with Crippen molar-refractivity contribution in [3.8, 4) is 5.75 Å². The summed E-state index contributed by atoms with van der Waals surface area (Å²) in [4.78, 5) is 2.28. The maximum Gasteiger partial charge on any atom is 0.139 e. The van der Waals surface area contributed by atoms with E-state index in [-0.39, 0.29) is 22.2 Å². The molecule has 0 unspecified atom stereocenters. The van der Waals surface area contributed by atoms with Gasteiger partial charge in [0.15, 0.2) is 0 Å². The second kappa shape index (κ2) is 5.88. The molecule has 0 amide bonds. The molecule has 1 aliphatic heterocycles. The van der Waals surface area contributed by atoms with E-state index in [0.717, 1.165) is 32.2 Å². The van der Waals surface area contributed by atoms with E-state index in [4.69, 9.17) is 11.6 Å². The van der Waals surface area contributed by atoms with Crippen LogP contribution in [0.4, 0.5) is 4.39 Å². The third-order valence-corrected chi connectivity index (χ3v) is 3.98. The Morgan fingerprint density at radius 1 is 1.30 bits per heavy atom.